The third-order valence-electron chi connectivity index (χ3n) is 2.54. The maximum Gasteiger partial charge on any atom is 0.0298 e. The number of rotatable bonds is 12. The predicted octanol–water partition coefficient (Wildman–Crippen LogP) is 1.82. The van der Waals surface area contributed by atoms with E-state index in [1.165, 1.54) is 19.3 Å². The van der Waals surface area contributed by atoms with Gasteiger partial charge in [-0.25, -0.2) is 0 Å². The standard InChI is InChI=1S/C13H29N3/c1-4-7-9-15-11-13-16(6-3)12-10-14-8-5-2/h6,14-15H,3-5,7-13H2,1-2H3. The zero-order valence-corrected chi connectivity index (χ0v) is 11.1. The maximum atomic E-state index is 3.85. The highest BCUT2D eigenvalue weighted by Crippen LogP contribution is 1.87. The highest BCUT2D eigenvalue weighted by atomic mass is 15.1. The molecule has 0 aliphatic heterocycles. The zero-order chi connectivity index (χ0) is 12.1. The molecule has 0 aliphatic carbocycles. The lowest BCUT2D eigenvalue weighted by Crippen LogP contribution is -2.34. The molecule has 0 unspecified atom stereocenters. The van der Waals surface area contributed by atoms with Crippen LogP contribution >= 0.6 is 0 Å². The van der Waals surface area contributed by atoms with Crippen LogP contribution in [0.5, 0.6) is 0 Å². The summed E-state index contributed by atoms with van der Waals surface area (Å²) in [4.78, 5) is 2.27. The van der Waals surface area contributed by atoms with Crippen molar-refractivity contribution in [3.63, 3.8) is 0 Å². The molecule has 0 fully saturated rings. The summed E-state index contributed by atoms with van der Waals surface area (Å²) < 4.78 is 0. The first-order chi connectivity index (χ1) is 7.85. The second-order valence-corrected chi connectivity index (χ2v) is 4.07. The van der Waals surface area contributed by atoms with Crippen LogP contribution in [-0.4, -0.2) is 44.2 Å². The number of hydrogen-bond donors (Lipinski definition) is 2. The molecule has 0 spiro atoms. The molecule has 3 nitrogen and oxygen atoms in total. The molecule has 0 atom stereocenters. The summed E-state index contributed by atoms with van der Waals surface area (Å²) in [7, 11) is 0. The normalized spacial score (nSPS) is 10.4. The molecular formula is C13H29N3. The molecule has 0 saturated heterocycles. The smallest absolute Gasteiger partial charge is 0.0298 e. The Balaban J connectivity index is 3.33. The van der Waals surface area contributed by atoms with E-state index in [4.69, 9.17) is 0 Å². The van der Waals surface area contributed by atoms with Gasteiger partial charge in [-0.2, -0.15) is 0 Å². The van der Waals surface area contributed by atoms with Gasteiger partial charge in [-0.3, -0.25) is 0 Å². The van der Waals surface area contributed by atoms with E-state index < -0.39 is 0 Å². The monoisotopic (exact) mass is 227 g/mol. The van der Waals surface area contributed by atoms with Crippen LogP contribution in [-0.2, 0) is 0 Å². The molecule has 0 aliphatic rings. The summed E-state index contributed by atoms with van der Waals surface area (Å²) in [6.45, 7) is 14.7. The first-order valence-electron chi connectivity index (χ1n) is 6.63. The van der Waals surface area contributed by atoms with Crippen LogP contribution in [0.1, 0.15) is 33.1 Å². The van der Waals surface area contributed by atoms with Gasteiger partial charge in [0.05, 0.1) is 0 Å². The third kappa shape index (κ3) is 9.99. The lowest BCUT2D eigenvalue weighted by atomic mass is 10.3. The summed E-state index contributed by atoms with van der Waals surface area (Å²) in [5.74, 6) is 0. The highest BCUT2D eigenvalue weighted by Gasteiger charge is 1.97. The summed E-state index contributed by atoms with van der Waals surface area (Å²) >= 11 is 0. The second kappa shape index (κ2) is 12.5. The van der Waals surface area contributed by atoms with Crippen LogP contribution in [0.2, 0.25) is 0 Å². The fraction of sp³-hybridized carbons (Fsp3) is 0.846. The fourth-order valence-corrected chi connectivity index (χ4v) is 1.47. The van der Waals surface area contributed by atoms with E-state index in [1.54, 1.807) is 0 Å². The van der Waals surface area contributed by atoms with Crippen molar-refractivity contribution in [1.82, 2.24) is 15.5 Å². The SMILES string of the molecule is C=CN(CCNCCC)CCNCCCC. The Hall–Kier alpha value is -0.540. The van der Waals surface area contributed by atoms with Crippen molar-refractivity contribution >= 4 is 0 Å². The summed E-state index contributed by atoms with van der Waals surface area (Å²) in [5, 5.41) is 6.84. The van der Waals surface area contributed by atoms with Gasteiger partial charge in [-0.15, -0.1) is 0 Å². The van der Waals surface area contributed by atoms with Crippen LogP contribution in [0, 0.1) is 0 Å². The van der Waals surface area contributed by atoms with Gasteiger partial charge in [0.1, 0.15) is 0 Å². The zero-order valence-electron chi connectivity index (χ0n) is 11.1. The van der Waals surface area contributed by atoms with Gasteiger partial charge in [0.15, 0.2) is 0 Å². The lowest BCUT2D eigenvalue weighted by molar-refractivity contribution is 0.366. The molecular weight excluding hydrogens is 198 g/mol. The van der Waals surface area contributed by atoms with E-state index in [1.807, 2.05) is 6.20 Å². The Bertz CT molecular complexity index is 148. The van der Waals surface area contributed by atoms with Crippen molar-refractivity contribution in [2.24, 2.45) is 0 Å². The van der Waals surface area contributed by atoms with Gasteiger partial charge in [-0.1, -0.05) is 26.8 Å². The molecule has 0 rings (SSSR count). The minimum Gasteiger partial charge on any atom is -0.375 e. The number of unbranched alkanes of at least 4 members (excludes halogenated alkanes) is 1. The Morgan fingerprint density at radius 2 is 1.56 bits per heavy atom. The number of nitrogens with zero attached hydrogens (tertiary/aromatic N) is 1. The molecule has 3 heteroatoms. The van der Waals surface area contributed by atoms with Crippen LogP contribution in [0.25, 0.3) is 0 Å². The third-order valence-corrected chi connectivity index (χ3v) is 2.54. The second-order valence-electron chi connectivity index (χ2n) is 4.07. The minimum absolute atomic E-state index is 1.05. The van der Waals surface area contributed by atoms with Gasteiger partial charge in [0.25, 0.3) is 0 Å². The van der Waals surface area contributed by atoms with Crippen molar-refractivity contribution in [2.45, 2.75) is 33.1 Å². The van der Waals surface area contributed by atoms with Crippen molar-refractivity contribution in [1.29, 1.82) is 0 Å². The summed E-state index contributed by atoms with van der Waals surface area (Å²) in [6, 6.07) is 0. The van der Waals surface area contributed by atoms with Gasteiger partial charge < -0.3 is 15.5 Å². The molecule has 0 aromatic heterocycles. The van der Waals surface area contributed by atoms with Crippen LogP contribution in [0.15, 0.2) is 12.8 Å². The van der Waals surface area contributed by atoms with E-state index in [0.29, 0.717) is 0 Å². The average molecular weight is 227 g/mol. The molecule has 0 heterocycles. The fourth-order valence-electron chi connectivity index (χ4n) is 1.47. The summed E-state index contributed by atoms with van der Waals surface area (Å²) in [5.41, 5.74) is 0. The largest absolute Gasteiger partial charge is 0.375 e. The molecule has 2 N–H and O–H groups in total. The molecule has 0 radical (unpaired) electrons. The Kier molecular flexibility index (Phi) is 12.1. The van der Waals surface area contributed by atoms with Crippen molar-refractivity contribution in [3.05, 3.63) is 12.8 Å². The first-order valence-corrected chi connectivity index (χ1v) is 6.63. The van der Waals surface area contributed by atoms with Crippen LogP contribution < -0.4 is 10.6 Å². The first kappa shape index (κ1) is 15.5. The molecule has 16 heavy (non-hydrogen) atoms. The molecule has 0 aromatic carbocycles. The van der Waals surface area contributed by atoms with E-state index in [0.717, 1.165) is 39.3 Å². The van der Waals surface area contributed by atoms with Gasteiger partial charge in [-0.05, 0) is 32.1 Å². The quantitative estimate of drug-likeness (QED) is 0.498. The molecule has 0 amide bonds. The van der Waals surface area contributed by atoms with E-state index >= 15 is 0 Å². The minimum atomic E-state index is 1.05. The molecule has 0 saturated carbocycles. The van der Waals surface area contributed by atoms with E-state index in [9.17, 15) is 0 Å². The Morgan fingerprint density at radius 1 is 0.938 bits per heavy atom. The lowest BCUT2D eigenvalue weighted by Gasteiger charge is -2.20. The molecule has 0 aromatic rings. The highest BCUT2D eigenvalue weighted by molar-refractivity contribution is 4.72. The van der Waals surface area contributed by atoms with Crippen LogP contribution in [0.3, 0.4) is 0 Å². The number of nitrogens with one attached hydrogen (secondary N) is 2. The number of hydrogen-bond acceptors (Lipinski definition) is 3. The Morgan fingerprint density at radius 3 is 2.06 bits per heavy atom. The van der Waals surface area contributed by atoms with Crippen molar-refractivity contribution in [3.8, 4) is 0 Å². The maximum absolute atomic E-state index is 3.85. The van der Waals surface area contributed by atoms with Gasteiger partial charge in [0.2, 0.25) is 0 Å². The van der Waals surface area contributed by atoms with E-state index in [-0.39, 0.29) is 0 Å². The average Bonchev–Trinajstić information content (AvgIpc) is 2.31. The van der Waals surface area contributed by atoms with Gasteiger partial charge >= 0.3 is 0 Å². The van der Waals surface area contributed by atoms with E-state index in [2.05, 4.69) is 36.0 Å². The van der Waals surface area contributed by atoms with Crippen LogP contribution in [0.4, 0.5) is 0 Å². The van der Waals surface area contributed by atoms with Gasteiger partial charge in [0, 0.05) is 26.2 Å². The summed E-state index contributed by atoms with van der Waals surface area (Å²) in [6.07, 6.45) is 5.67. The predicted molar refractivity (Wildman–Crippen MR) is 72.7 cm³/mol. The molecule has 0 bridgehead atoms. The van der Waals surface area contributed by atoms with Crippen molar-refractivity contribution in [2.75, 3.05) is 39.3 Å². The topological polar surface area (TPSA) is 27.3 Å². The molecule has 96 valence electrons. The Labute approximate surface area is 101 Å². The van der Waals surface area contributed by atoms with Crippen molar-refractivity contribution < 1.29 is 0 Å².